The molecule has 1 aliphatic heterocycles. The van der Waals surface area contributed by atoms with E-state index in [0.717, 1.165) is 4.90 Å². The maximum atomic E-state index is 12.3. The number of rotatable bonds is 2. The fraction of sp³-hybridized carbons (Fsp3) is 0.400. The Morgan fingerprint density at radius 3 is 2.83 bits per heavy atom. The van der Waals surface area contributed by atoms with Crippen LogP contribution in [0.2, 0.25) is 0 Å². The minimum Gasteiger partial charge on any atom is -0.465 e. The number of nitrogens with zero attached hydrogens (tertiary/aromatic N) is 2. The van der Waals surface area contributed by atoms with E-state index in [9.17, 15) is 13.2 Å². The molecular formula is C10H11BrN2O4S. The lowest BCUT2D eigenvalue weighted by atomic mass is 10.4. The number of carbonyl (C=O) groups is 1. The molecule has 2 heterocycles. The molecule has 0 saturated carbocycles. The summed E-state index contributed by atoms with van der Waals surface area (Å²) in [6, 6.07) is 3.23. The maximum Gasteiger partial charge on any atom is 0.407 e. The first-order valence-electron chi connectivity index (χ1n) is 5.25. The first-order valence-corrected chi connectivity index (χ1v) is 7.59. The van der Waals surface area contributed by atoms with Crippen LogP contribution < -0.4 is 0 Å². The van der Waals surface area contributed by atoms with E-state index in [1.807, 2.05) is 0 Å². The predicted octanol–water partition coefficient (Wildman–Crippen LogP) is 1.37. The maximum absolute atomic E-state index is 12.3. The zero-order chi connectivity index (χ0) is 13.3. The molecule has 1 aliphatic rings. The van der Waals surface area contributed by atoms with Gasteiger partial charge in [-0.15, -0.1) is 0 Å². The summed E-state index contributed by atoms with van der Waals surface area (Å²) < 4.78 is 25.0. The van der Waals surface area contributed by atoms with E-state index in [-0.39, 0.29) is 18.1 Å². The lowest BCUT2D eigenvalue weighted by Crippen LogP contribution is -2.31. The number of sulfone groups is 1. The van der Waals surface area contributed by atoms with Crippen molar-refractivity contribution in [3.05, 3.63) is 22.8 Å². The van der Waals surface area contributed by atoms with Gasteiger partial charge in [-0.05, 0) is 34.5 Å². The minimum absolute atomic E-state index is 0.000676. The lowest BCUT2D eigenvalue weighted by molar-refractivity contribution is 0.156. The molecule has 6 nitrogen and oxygen atoms in total. The van der Waals surface area contributed by atoms with Gasteiger partial charge >= 0.3 is 6.09 Å². The van der Waals surface area contributed by atoms with Crippen molar-refractivity contribution in [2.45, 2.75) is 16.7 Å². The lowest BCUT2D eigenvalue weighted by Gasteiger charge is -2.13. The van der Waals surface area contributed by atoms with Gasteiger partial charge in [0, 0.05) is 19.3 Å². The van der Waals surface area contributed by atoms with Gasteiger partial charge in [-0.1, -0.05) is 0 Å². The summed E-state index contributed by atoms with van der Waals surface area (Å²) in [4.78, 5) is 15.8. The van der Waals surface area contributed by atoms with Gasteiger partial charge in [0.2, 0.25) is 9.84 Å². The highest BCUT2D eigenvalue weighted by molar-refractivity contribution is 9.10. The number of halogens is 1. The number of pyridine rings is 1. The van der Waals surface area contributed by atoms with Crippen LogP contribution in [0.3, 0.4) is 0 Å². The third-order valence-corrected chi connectivity index (χ3v) is 5.88. The minimum atomic E-state index is -3.60. The number of hydrogen-bond acceptors (Lipinski definition) is 4. The van der Waals surface area contributed by atoms with E-state index in [4.69, 9.17) is 5.11 Å². The van der Waals surface area contributed by atoms with Crippen molar-refractivity contribution in [3.63, 3.8) is 0 Å². The van der Waals surface area contributed by atoms with Gasteiger partial charge in [0.05, 0.1) is 9.72 Å². The molecule has 2 rings (SSSR count). The summed E-state index contributed by atoms with van der Waals surface area (Å²) in [5.41, 5.74) is 0. The molecule has 1 saturated heterocycles. The van der Waals surface area contributed by atoms with Crippen LogP contribution in [0.15, 0.2) is 27.8 Å². The highest BCUT2D eigenvalue weighted by Gasteiger charge is 2.37. The Morgan fingerprint density at radius 1 is 1.56 bits per heavy atom. The summed E-state index contributed by atoms with van der Waals surface area (Å²) in [7, 11) is -3.60. The summed E-state index contributed by atoms with van der Waals surface area (Å²) in [6.45, 7) is 0.240. The Bertz CT molecular complexity index is 575. The van der Waals surface area contributed by atoms with E-state index in [1.165, 1.54) is 6.20 Å². The van der Waals surface area contributed by atoms with E-state index in [1.54, 1.807) is 12.1 Å². The van der Waals surface area contributed by atoms with Crippen molar-refractivity contribution >= 4 is 31.9 Å². The smallest absolute Gasteiger partial charge is 0.407 e. The molecular weight excluding hydrogens is 324 g/mol. The van der Waals surface area contributed by atoms with Gasteiger partial charge in [-0.3, -0.25) is 0 Å². The second kappa shape index (κ2) is 4.85. The van der Waals surface area contributed by atoms with E-state index in [2.05, 4.69) is 20.9 Å². The Balaban J connectivity index is 2.29. The zero-order valence-corrected chi connectivity index (χ0v) is 11.7. The van der Waals surface area contributed by atoms with Crippen molar-refractivity contribution < 1.29 is 18.3 Å². The molecule has 98 valence electrons. The topological polar surface area (TPSA) is 87.6 Å². The van der Waals surface area contributed by atoms with E-state index < -0.39 is 21.2 Å². The quantitative estimate of drug-likeness (QED) is 0.882. The van der Waals surface area contributed by atoms with Crippen LogP contribution in [0.25, 0.3) is 0 Å². The molecule has 1 N–H and O–H groups in total. The van der Waals surface area contributed by atoms with Gasteiger partial charge in [-0.2, -0.15) is 0 Å². The van der Waals surface area contributed by atoms with E-state index in [0.29, 0.717) is 10.9 Å². The Labute approximate surface area is 113 Å². The number of hydrogen-bond donors (Lipinski definition) is 1. The first kappa shape index (κ1) is 13.3. The number of carboxylic acid groups (broad SMARTS) is 1. The molecule has 0 spiro atoms. The van der Waals surface area contributed by atoms with Crippen LogP contribution in [-0.4, -0.2) is 47.8 Å². The summed E-state index contributed by atoms with van der Waals surface area (Å²) in [5, 5.41) is 8.08. The second-order valence-corrected chi connectivity index (χ2v) is 6.97. The summed E-state index contributed by atoms with van der Waals surface area (Å²) >= 11 is 3.15. The Morgan fingerprint density at radius 2 is 2.28 bits per heavy atom. The van der Waals surface area contributed by atoms with Gasteiger partial charge in [-0.25, -0.2) is 18.2 Å². The molecule has 1 atom stereocenters. The SMILES string of the molecule is O=C(O)N1CCC(S(=O)(=O)c2ncccc2Br)C1. The fourth-order valence-corrected chi connectivity index (χ4v) is 4.48. The molecule has 1 unspecified atom stereocenters. The summed E-state index contributed by atoms with van der Waals surface area (Å²) in [5.74, 6) is 0. The highest BCUT2D eigenvalue weighted by atomic mass is 79.9. The highest BCUT2D eigenvalue weighted by Crippen LogP contribution is 2.27. The zero-order valence-electron chi connectivity index (χ0n) is 9.28. The molecule has 0 radical (unpaired) electrons. The van der Waals surface area contributed by atoms with Crippen LogP contribution in [0.4, 0.5) is 4.79 Å². The number of amides is 1. The van der Waals surface area contributed by atoms with Crippen LogP contribution in [-0.2, 0) is 9.84 Å². The fourth-order valence-electron chi connectivity index (χ4n) is 1.89. The summed E-state index contributed by atoms with van der Waals surface area (Å²) in [6.07, 6.45) is 0.618. The van der Waals surface area contributed by atoms with Crippen molar-refractivity contribution in [1.82, 2.24) is 9.88 Å². The normalized spacial score (nSPS) is 20.1. The third-order valence-electron chi connectivity index (χ3n) is 2.85. The average Bonchev–Trinajstić information content (AvgIpc) is 2.79. The van der Waals surface area contributed by atoms with Gasteiger partial charge in [0.15, 0.2) is 5.03 Å². The van der Waals surface area contributed by atoms with Crippen molar-refractivity contribution in [1.29, 1.82) is 0 Å². The van der Waals surface area contributed by atoms with Crippen molar-refractivity contribution in [2.24, 2.45) is 0 Å². The largest absolute Gasteiger partial charge is 0.465 e. The molecule has 1 aromatic rings. The standard InChI is InChI=1S/C10H11BrN2O4S/c11-8-2-1-4-12-9(8)18(16,17)7-3-5-13(6-7)10(14)15/h1-2,4,7H,3,5-6H2,(H,14,15). The van der Waals surface area contributed by atoms with Crippen LogP contribution in [0.5, 0.6) is 0 Å². The number of likely N-dealkylation sites (tertiary alicyclic amines) is 1. The molecule has 0 aliphatic carbocycles. The van der Waals surface area contributed by atoms with Gasteiger partial charge < -0.3 is 10.0 Å². The molecule has 0 bridgehead atoms. The van der Waals surface area contributed by atoms with Crippen LogP contribution in [0.1, 0.15) is 6.42 Å². The third kappa shape index (κ3) is 2.35. The van der Waals surface area contributed by atoms with Crippen LogP contribution in [0, 0.1) is 0 Å². The van der Waals surface area contributed by atoms with Crippen molar-refractivity contribution in [2.75, 3.05) is 13.1 Å². The molecule has 1 fully saturated rings. The molecule has 18 heavy (non-hydrogen) atoms. The second-order valence-electron chi connectivity index (χ2n) is 3.97. The number of aromatic nitrogens is 1. The Kier molecular flexibility index (Phi) is 3.58. The molecule has 1 aromatic heterocycles. The molecule has 8 heteroatoms. The predicted molar refractivity (Wildman–Crippen MR) is 67.1 cm³/mol. The Hall–Kier alpha value is -1.15. The van der Waals surface area contributed by atoms with Gasteiger partial charge in [0.1, 0.15) is 0 Å². The molecule has 0 aromatic carbocycles. The average molecular weight is 335 g/mol. The van der Waals surface area contributed by atoms with E-state index >= 15 is 0 Å². The van der Waals surface area contributed by atoms with Crippen LogP contribution >= 0.6 is 15.9 Å². The van der Waals surface area contributed by atoms with Crippen molar-refractivity contribution in [3.8, 4) is 0 Å². The first-order chi connectivity index (χ1) is 8.43. The molecule has 1 amide bonds. The van der Waals surface area contributed by atoms with Gasteiger partial charge in [0.25, 0.3) is 0 Å². The monoisotopic (exact) mass is 334 g/mol.